The van der Waals surface area contributed by atoms with Gasteiger partial charge in [0.15, 0.2) is 0 Å². The maximum absolute atomic E-state index is 10.8. The fourth-order valence-electron chi connectivity index (χ4n) is 1.66. The molecule has 5 nitrogen and oxygen atoms in total. The second-order valence-electron chi connectivity index (χ2n) is 3.95. The normalized spacial score (nSPS) is 12.4. The van der Waals surface area contributed by atoms with Crippen LogP contribution in [0.4, 0.5) is 5.69 Å². The lowest BCUT2D eigenvalue weighted by atomic mass is 10.1. The summed E-state index contributed by atoms with van der Waals surface area (Å²) in [6, 6.07) is 7.08. The summed E-state index contributed by atoms with van der Waals surface area (Å²) in [5.74, 6) is 0. The quantitative estimate of drug-likeness (QED) is 0.580. The van der Waals surface area contributed by atoms with E-state index in [9.17, 15) is 10.1 Å². The Morgan fingerprint density at radius 2 is 2.18 bits per heavy atom. The second-order valence-corrected chi connectivity index (χ2v) is 3.95. The minimum atomic E-state index is -0.339. The predicted octanol–water partition coefficient (Wildman–Crippen LogP) is 1.76. The number of methoxy groups -OCH3 is 1. The van der Waals surface area contributed by atoms with Crippen molar-refractivity contribution in [3.8, 4) is 0 Å². The van der Waals surface area contributed by atoms with E-state index in [2.05, 4.69) is 5.32 Å². The van der Waals surface area contributed by atoms with E-state index in [0.717, 1.165) is 5.56 Å². The minimum Gasteiger partial charge on any atom is -0.383 e. The van der Waals surface area contributed by atoms with Gasteiger partial charge in [0.2, 0.25) is 0 Å². The average molecular weight is 238 g/mol. The summed E-state index contributed by atoms with van der Waals surface area (Å²) in [5, 5.41) is 14.0. The smallest absolute Gasteiger partial charge is 0.272 e. The Morgan fingerprint density at radius 3 is 2.82 bits per heavy atom. The predicted molar refractivity (Wildman–Crippen MR) is 66.1 cm³/mol. The van der Waals surface area contributed by atoms with Crippen molar-refractivity contribution in [1.29, 1.82) is 0 Å². The van der Waals surface area contributed by atoms with Gasteiger partial charge < -0.3 is 10.1 Å². The molecule has 0 saturated heterocycles. The molecule has 0 saturated carbocycles. The summed E-state index contributed by atoms with van der Waals surface area (Å²) in [6.07, 6.45) is 0.644. The highest BCUT2D eigenvalue weighted by Crippen LogP contribution is 2.17. The number of ether oxygens (including phenoxy) is 1. The number of hydrogen-bond acceptors (Lipinski definition) is 4. The Kier molecular flexibility index (Phi) is 5.59. The molecule has 0 radical (unpaired) electrons. The van der Waals surface area contributed by atoms with Crippen molar-refractivity contribution in [2.24, 2.45) is 0 Å². The van der Waals surface area contributed by atoms with Crippen molar-refractivity contribution in [3.05, 3.63) is 39.9 Å². The topological polar surface area (TPSA) is 64.4 Å². The van der Waals surface area contributed by atoms with Crippen molar-refractivity contribution in [2.45, 2.75) is 19.4 Å². The van der Waals surface area contributed by atoms with Crippen LogP contribution in [0.2, 0.25) is 0 Å². The molecule has 0 aliphatic carbocycles. The number of nitrogens with zero attached hydrogens (tertiary/aromatic N) is 1. The Bertz CT molecular complexity index is 369. The van der Waals surface area contributed by atoms with Gasteiger partial charge in [0.25, 0.3) is 5.69 Å². The van der Waals surface area contributed by atoms with Gasteiger partial charge in [-0.2, -0.15) is 0 Å². The highest BCUT2D eigenvalue weighted by atomic mass is 16.6. The van der Waals surface area contributed by atoms with Crippen molar-refractivity contribution >= 4 is 5.69 Å². The largest absolute Gasteiger partial charge is 0.383 e. The molecule has 0 aliphatic heterocycles. The number of rotatable bonds is 7. The highest BCUT2D eigenvalue weighted by Gasteiger charge is 2.11. The molecule has 0 amide bonds. The van der Waals surface area contributed by atoms with Crippen molar-refractivity contribution in [2.75, 3.05) is 20.3 Å². The summed E-state index contributed by atoms with van der Waals surface area (Å²) in [7, 11) is 1.65. The van der Waals surface area contributed by atoms with Gasteiger partial charge in [-0.3, -0.25) is 10.1 Å². The van der Waals surface area contributed by atoms with Gasteiger partial charge in [0.05, 0.1) is 11.5 Å². The summed E-state index contributed by atoms with van der Waals surface area (Å²) >= 11 is 0. The van der Waals surface area contributed by atoms with Gasteiger partial charge in [0, 0.05) is 24.8 Å². The average Bonchev–Trinajstić information content (AvgIpc) is 2.30. The number of benzene rings is 1. The molecule has 17 heavy (non-hydrogen) atoms. The molecule has 5 heteroatoms. The lowest BCUT2D eigenvalue weighted by molar-refractivity contribution is -0.385. The lowest BCUT2D eigenvalue weighted by Gasteiger charge is -2.12. The zero-order chi connectivity index (χ0) is 12.7. The molecular formula is C12H18N2O3. The van der Waals surface area contributed by atoms with Crippen LogP contribution < -0.4 is 5.32 Å². The van der Waals surface area contributed by atoms with Crippen LogP contribution in [0.15, 0.2) is 24.3 Å². The van der Waals surface area contributed by atoms with Gasteiger partial charge in [-0.15, -0.1) is 0 Å². The molecular weight excluding hydrogens is 220 g/mol. The fourth-order valence-corrected chi connectivity index (χ4v) is 1.66. The number of para-hydroxylation sites is 1. The molecule has 0 spiro atoms. The zero-order valence-corrected chi connectivity index (χ0v) is 10.2. The third-order valence-corrected chi connectivity index (χ3v) is 2.49. The maximum atomic E-state index is 10.8. The van der Waals surface area contributed by atoms with E-state index in [1.165, 1.54) is 6.07 Å². The molecule has 0 aromatic heterocycles. The van der Waals surface area contributed by atoms with Crippen molar-refractivity contribution in [3.63, 3.8) is 0 Å². The van der Waals surface area contributed by atoms with E-state index in [1.54, 1.807) is 19.2 Å². The summed E-state index contributed by atoms with van der Waals surface area (Å²) in [6.45, 7) is 3.36. The Morgan fingerprint density at radius 1 is 1.47 bits per heavy atom. The van der Waals surface area contributed by atoms with Crippen LogP contribution >= 0.6 is 0 Å². The number of hydrogen-bond donors (Lipinski definition) is 1. The molecule has 1 unspecified atom stereocenters. The first-order valence-electron chi connectivity index (χ1n) is 5.59. The van der Waals surface area contributed by atoms with Gasteiger partial charge in [-0.1, -0.05) is 18.2 Å². The van der Waals surface area contributed by atoms with Crippen LogP contribution in [0.25, 0.3) is 0 Å². The standard InChI is InChI=1S/C12H18N2O3/c1-10(9-17-2)13-8-7-11-5-3-4-6-12(11)14(15)16/h3-6,10,13H,7-9H2,1-2H3. The molecule has 1 rings (SSSR count). The number of nitrogens with one attached hydrogen (secondary N) is 1. The molecule has 0 bridgehead atoms. The van der Waals surface area contributed by atoms with E-state index in [1.807, 2.05) is 13.0 Å². The fraction of sp³-hybridized carbons (Fsp3) is 0.500. The zero-order valence-electron chi connectivity index (χ0n) is 10.2. The van der Waals surface area contributed by atoms with Gasteiger partial charge in [-0.05, 0) is 19.9 Å². The monoisotopic (exact) mass is 238 g/mol. The molecule has 1 aromatic carbocycles. The Hall–Kier alpha value is -1.46. The molecule has 1 N–H and O–H groups in total. The first kappa shape index (κ1) is 13.6. The lowest BCUT2D eigenvalue weighted by Crippen LogP contribution is -2.31. The van der Waals surface area contributed by atoms with E-state index >= 15 is 0 Å². The Labute approximate surface area is 101 Å². The van der Waals surface area contributed by atoms with E-state index in [-0.39, 0.29) is 16.7 Å². The van der Waals surface area contributed by atoms with Crippen LogP contribution in [0.5, 0.6) is 0 Å². The first-order chi connectivity index (χ1) is 8.15. The van der Waals surface area contributed by atoms with Crippen LogP contribution in [-0.4, -0.2) is 31.2 Å². The van der Waals surface area contributed by atoms with E-state index < -0.39 is 0 Å². The molecule has 0 aliphatic rings. The summed E-state index contributed by atoms with van der Waals surface area (Å²) < 4.78 is 5.00. The van der Waals surface area contributed by atoms with Gasteiger partial charge in [-0.25, -0.2) is 0 Å². The maximum Gasteiger partial charge on any atom is 0.272 e. The number of nitro groups is 1. The van der Waals surface area contributed by atoms with Crippen molar-refractivity contribution in [1.82, 2.24) is 5.32 Å². The van der Waals surface area contributed by atoms with Crippen LogP contribution in [0.3, 0.4) is 0 Å². The highest BCUT2D eigenvalue weighted by molar-refractivity contribution is 5.39. The van der Waals surface area contributed by atoms with Gasteiger partial charge >= 0.3 is 0 Å². The third-order valence-electron chi connectivity index (χ3n) is 2.49. The number of nitro benzene ring substituents is 1. The Balaban J connectivity index is 2.49. The molecule has 0 heterocycles. The minimum absolute atomic E-state index is 0.189. The van der Waals surface area contributed by atoms with Crippen molar-refractivity contribution < 1.29 is 9.66 Å². The SMILES string of the molecule is COCC(C)NCCc1ccccc1[N+](=O)[O-]. The van der Waals surface area contributed by atoms with E-state index in [4.69, 9.17) is 4.74 Å². The van der Waals surface area contributed by atoms with E-state index in [0.29, 0.717) is 19.6 Å². The summed E-state index contributed by atoms with van der Waals surface area (Å²) in [4.78, 5) is 10.4. The van der Waals surface area contributed by atoms with Crippen LogP contribution in [0.1, 0.15) is 12.5 Å². The first-order valence-corrected chi connectivity index (χ1v) is 5.59. The third kappa shape index (κ3) is 4.50. The molecule has 1 aromatic rings. The second kappa shape index (κ2) is 6.98. The van der Waals surface area contributed by atoms with Crippen LogP contribution in [0, 0.1) is 10.1 Å². The molecule has 1 atom stereocenters. The molecule has 94 valence electrons. The van der Waals surface area contributed by atoms with Crippen LogP contribution in [-0.2, 0) is 11.2 Å². The summed E-state index contributed by atoms with van der Waals surface area (Å²) in [5.41, 5.74) is 0.948. The van der Waals surface area contributed by atoms with Gasteiger partial charge in [0.1, 0.15) is 0 Å². The molecule has 0 fully saturated rings.